The van der Waals surface area contributed by atoms with Crippen LogP contribution in [0.4, 0.5) is 0 Å². The van der Waals surface area contributed by atoms with Gasteiger partial charge < -0.3 is 10.1 Å². The highest BCUT2D eigenvalue weighted by atomic mass is 16.5. The first-order valence-corrected chi connectivity index (χ1v) is 7.75. The third-order valence-corrected chi connectivity index (χ3v) is 4.13. The zero-order valence-electron chi connectivity index (χ0n) is 14.2. The van der Waals surface area contributed by atoms with Crippen LogP contribution in [0.2, 0.25) is 0 Å². The largest absolute Gasteiger partial charge is 0.467 e. The van der Waals surface area contributed by atoms with Crippen LogP contribution in [0.15, 0.2) is 29.1 Å². The number of nitrogens with zero attached hydrogens (tertiary/aromatic N) is 2. The number of amides is 1. The van der Waals surface area contributed by atoms with E-state index in [0.717, 1.165) is 4.68 Å². The van der Waals surface area contributed by atoms with E-state index in [1.807, 2.05) is 13.8 Å². The minimum absolute atomic E-state index is 0.0970. The van der Waals surface area contributed by atoms with Crippen LogP contribution in [0.25, 0.3) is 10.8 Å². The summed E-state index contributed by atoms with van der Waals surface area (Å²) in [5, 5.41) is 7.60. The van der Waals surface area contributed by atoms with Crippen LogP contribution in [0.1, 0.15) is 30.8 Å². The Morgan fingerprint density at radius 3 is 2.50 bits per heavy atom. The Morgan fingerprint density at radius 1 is 1.29 bits per heavy atom. The average molecular weight is 331 g/mol. The number of carbonyl (C=O) groups excluding carboxylic acids is 2. The van der Waals surface area contributed by atoms with Crippen molar-refractivity contribution < 1.29 is 14.3 Å². The molecule has 0 radical (unpaired) electrons. The van der Waals surface area contributed by atoms with Gasteiger partial charge in [0.25, 0.3) is 11.5 Å². The predicted molar refractivity (Wildman–Crippen MR) is 89.7 cm³/mol. The fraction of sp³-hybridized carbons (Fsp3) is 0.412. The van der Waals surface area contributed by atoms with Crippen LogP contribution in [0.3, 0.4) is 0 Å². The molecule has 7 nitrogen and oxygen atoms in total. The summed E-state index contributed by atoms with van der Waals surface area (Å²) in [5.41, 5.74) is -0.182. The lowest BCUT2D eigenvalue weighted by atomic mass is 9.99. The quantitative estimate of drug-likeness (QED) is 0.833. The standard InChI is InChI=1S/C17H21N3O4/c1-5-10(2)13(17(23)24-4)18-15(21)14-11-8-6-7-9-12(11)16(22)20(3)19-14/h6-10,13H,5H2,1-4H3,(H,18,21)/t10-,13-/m0/s1. The number of carbonyl (C=O) groups is 2. The highest BCUT2D eigenvalue weighted by Gasteiger charge is 2.28. The Hall–Kier alpha value is -2.70. The highest BCUT2D eigenvalue weighted by Crippen LogP contribution is 2.15. The van der Waals surface area contributed by atoms with Crippen molar-refractivity contribution in [2.75, 3.05) is 7.11 Å². The van der Waals surface area contributed by atoms with Crippen molar-refractivity contribution in [1.82, 2.24) is 15.1 Å². The summed E-state index contributed by atoms with van der Waals surface area (Å²) in [6.07, 6.45) is 0.696. The Bertz CT molecular complexity index is 828. The van der Waals surface area contributed by atoms with Crippen LogP contribution >= 0.6 is 0 Å². The van der Waals surface area contributed by atoms with Crippen molar-refractivity contribution >= 4 is 22.6 Å². The fourth-order valence-electron chi connectivity index (χ4n) is 2.47. The van der Waals surface area contributed by atoms with E-state index in [1.165, 1.54) is 14.2 Å². The highest BCUT2D eigenvalue weighted by molar-refractivity contribution is 6.05. The van der Waals surface area contributed by atoms with Gasteiger partial charge >= 0.3 is 5.97 Å². The predicted octanol–water partition coefficient (Wildman–Crippen LogP) is 1.25. The summed E-state index contributed by atoms with van der Waals surface area (Å²) in [6, 6.07) is 5.98. The van der Waals surface area contributed by atoms with E-state index in [-0.39, 0.29) is 17.2 Å². The van der Waals surface area contributed by atoms with Gasteiger partial charge in [-0.05, 0) is 12.0 Å². The number of ether oxygens (including phenoxy) is 1. The SMILES string of the molecule is CC[C@H](C)[C@H](NC(=O)c1nn(C)c(=O)c2ccccc12)C(=O)OC. The van der Waals surface area contributed by atoms with Crippen LogP contribution in [0, 0.1) is 5.92 Å². The van der Waals surface area contributed by atoms with E-state index in [9.17, 15) is 14.4 Å². The first-order chi connectivity index (χ1) is 11.4. The molecular weight excluding hydrogens is 310 g/mol. The van der Waals surface area contributed by atoms with Gasteiger partial charge in [-0.1, -0.05) is 38.5 Å². The molecule has 1 amide bonds. The molecule has 24 heavy (non-hydrogen) atoms. The average Bonchev–Trinajstić information content (AvgIpc) is 2.61. The van der Waals surface area contributed by atoms with Crippen molar-refractivity contribution in [2.24, 2.45) is 13.0 Å². The molecule has 0 saturated heterocycles. The third-order valence-electron chi connectivity index (χ3n) is 4.13. The summed E-state index contributed by atoms with van der Waals surface area (Å²) >= 11 is 0. The number of nitrogens with one attached hydrogen (secondary N) is 1. The number of fused-ring (bicyclic) bond motifs is 1. The summed E-state index contributed by atoms with van der Waals surface area (Å²) < 4.78 is 5.89. The van der Waals surface area contributed by atoms with Crippen molar-refractivity contribution in [3.63, 3.8) is 0 Å². The van der Waals surface area contributed by atoms with Gasteiger partial charge in [0.1, 0.15) is 6.04 Å². The minimum Gasteiger partial charge on any atom is -0.467 e. The Morgan fingerprint density at radius 2 is 1.92 bits per heavy atom. The van der Waals surface area contributed by atoms with Crippen LogP contribution in [0.5, 0.6) is 0 Å². The lowest BCUT2D eigenvalue weighted by Crippen LogP contribution is -2.46. The number of hydrogen-bond donors (Lipinski definition) is 1. The second-order valence-electron chi connectivity index (χ2n) is 5.68. The van der Waals surface area contributed by atoms with E-state index >= 15 is 0 Å². The van der Waals surface area contributed by atoms with E-state index in [1.54, 1.807) is 24.3 Å². The zero-order chi connectivity index (χ0) is 17.9. The summed E-state index contributed by atoms with van der Waals surface area (Å²) in [5.74, 6) is -1.12. The van der Waals surface area contributed by atoms with E-state index < -0.39 is 17.9 Å². The van der Waals surface area contributed by atoms with Gasteiger partial charge in [0, 0.05) is 12.4 Å². The number of benzene rings is 1. The molecule has 0 unspecified atom stereocenters. The smallest absolute Gasteiger partial charge is 0.328 e. The first-order valence-electron chi connectivity index (χ1n) is 7.75. The second kappa shape index (κ2) is 7.25. The normalized spacial score (nSPS) is 13.3. The zero-order valence-corrected chi connectivity index (χ0v) is 14.2. The van der Waals surface area contributed by atoms with Gasteiger partial charge in [0.05, 0.1) is 12.5 Å². The van der Waals surface area contributed by atoms with E-state index in [2.05, 4.69) is 10.4 Å². The first kappa shape index (κ1) is 17.7. The van der Waals surface area contributed by atoms with E-state index in [0.29, 0.717) is 17.2 Å². The Labute approximate surface area is 139 Å². The van der Waals surface area contributed by atoms with Crippen molar-refractivity contribution in [2.45, 2.75) is 26.3 Å². The monoisotopic (exact) mass is 331 g/mol. The Kier molecular flexibility index (Phi) is 5.33. The maximum absolute atomic E-state index is 12.7. The second-order valence-corrected chi connectivity index (χ2v) is 5.68. The molecule has 1 aromatic carbocycles. The van der Waals surface area contributed by atoms with Crippen molar-refractivity contribution in [1.29, 1.82) is 0 Å². The molecule has 0 spiro atoms. The third kappa shape index (κ3) is 3.29. The molecule has 2 atom stereocenters. The van der Waals surface area contributed by atoms with Gasteiger partial charge in [-0.15, -0.1) is 0 Å². The molecule has 0 fully saturated rings. The molecule has 7 heteroatoms. The lowest BCUT2D eigenvalue weighted by molar-refractivity contribution is -0.144. The van der Waals surface area contributed by atoms with Gasteiger partial charge in [-0.3, -0.25) is 9.59 Å². The summed E-state index contributed by atoms with van der Waals surface area (Å²) in [4.78, 5) is 36.8. The number of methoxy groups -OCH3 is 1. The lowest BCUT2D eigenvalue weighted by Gasteiger charge is -2.22. The Balaban J connectivity index is 2.46. The van der Waals surface area contributed by atoms with Crippen molar-refractivity contribution in [3.05, 3.63) is 40.3 Å². The van der Waals surface area contributed by atoms with Gasteiger partial charge in [-0.2, -0.15) is 5.10 Å². The molecule has 0 bridgehead atoms. The molecule has 2 aromatic rings. The molecule has 1 heterocycles. The molecule has 2 rings (SSSR count). The molecular formula is C17H21N3O4. The molecule has 0 aliphatic rings. The summed E-state index contributed by atoms with van der Waals surface area (Å²) in [7, 11) is 2.77. The number of esters is 1. The van der Waals surface area contributed by atoms with Gasteiger partial charge in [0.15, 0.2) is 5.69 Å². The topological polar surface area (TPSA) is 90.3 Å². The van der Waals surface area contributed by atoms with Crippen LogP contribution in [-0.2, 0) is 16.6 Å². The summed E-state index contributed by atoms with van der Waals surface area (Å²) in [6.45, 7) is 3.78. The fourth-order valence-corrected chi connectivity index (χ4v) is 2.47. The maximum atomic E-state index is 12.7. The number of hydrogen-bond acceptors (Lipinski definition) is 5. The van der Waals surface area contributed by atoms with Crippen LogP contribution in [-0.4, -0.2) is 34.8 Å². The molecule has 0 aliphatic heterocycles. The number of aryl methyl sites for hydroxylation is 1. The minimum atomic E-state index is -0.773. The molecule has 0 saturated carbocycles. The van der Waals surface area contributed by atoms with E-state index in [4.69, 9.17) is 4.74 Å². The maximum Gasteiger partial charge on any atom is 0.328 e. The van der Waals surface area contributed by atoms with Gasteiger partial charge in [0.2, 0.25) is 0 Å². The molecule has 0 aliphatic carbocycles. The molecule has 1 N–H and O–H groups in total. The van der Waals surface area contributed by atoms with Gasteiger partial charge in [-0.25, -0.2) is 9.48 Å². The molecule has 1 aromatic heterocycles. The molecule has 128 valence electrons. The van der Waals surface area contributed by atoms with Crippen molar-refractivity contribution in [3.8, 4) is 0 Å². The van der Waals surface area contributed by atoms with Crippen LogP contribution < -0.4 is 10.9 Å². The number of aromatic nitrogens is 2. The number of rotatable bonds is 5.